The Hall–Kier alpha value is -2.63. The van der Waals surface area contributed by atoms with Crippen molar-refractivity contribution in [3.05, 3.63) is 57.8 Å². The Morgan fingerprint density at radius 1 is 1.35 bits per heavy atom. The summed E-state index contributed by atoms with van der Waals surface area (Å²) in [6.07, 6.45) is 1.33. The number of amides is 1. The highest BCUT2D eigenvalue weighted by Crippen LogP contribution is 2.20. The van der Waals surface area contributed by atoms with Crippen LogP contribution in [-0.2, 0) is 0 Å². The molecule has 1 amide bonds. The lowest BCUT2D eigenvalue weighted by atomic mass is 10.2. The van der Waals surface area contributed by atoms with E-state index in [9.17, 15) is 14.0 Å². The lowest BCUT2D eigenvalue weighted by molar-refractivity contribution is 0.102. The fraction of sp³-hybridized carbons (Fsp3) is 0.143. The molecule has 0 aliphatic heterocycles. The first-order valence-corrected chi connectivity index (χ1v) is 5.85. The highest BCUT2D eigenvalue weighted by molar-refractivity contribution is 6.04. The second-order valence-corrected chi connectivity index (χ2v) is 4.20. The Morgan fingerprint density at radius 3 is 2.70 bits per heavy atom. The van der Waals surface area contributed by atoms with Gasteiger partial charge in [-0.05, 0) is 19.1 Å². The minimum atomic E-state index is -0.601. The monoisotopic (exact) mass is 276 g/mol. The Kier molecular flexibility index (Phi) is 3.84. The number of aryl methyl sites for hydroxylation is 1. The molecule has 0 atom stereocenters. The van der Waals surface area contributed by atoms with Gasteiger partial charge < -0.3 is 15.0 Å². The second kappa shape index (κ2) is 5.56. The first-order valence-electron chi connectivity index (χ1n) is 5.85. The number of carbonyl (C=O) groups is 1. The van der Waals surface area contributed by atoms with Crippen LogP contribution in [0.1, 0.15) is 16.1 Å². The maximum absolute atomic E-state index is 13.5. The van der Waals surface area contributed by atoms with Gasteiger partial charge in [-0.15, -0.1) is 0 Å². The molecule has 1 heterocycles. The van der Waals surface area contributed by atoms with Crippen LogP contribution in [0.3, 0.4) is 0 Å². The predicted octanol–water partition coefficient (Wildman–Crippen LogP) is 2.08. The number of nitrogens with one attached hydrogen (secondary N) is 2. The van der Waals surface area contributed by atoms with Gasteiger partial charge in [0.15, 0.2) is 17.0 Å². The number of H-pyrrole nitrogens is 1. The molecule has 20 heavy (non-hydrogen) atoms. The lowest BCUT2D eigenvalue weighted by Gasteiger charge is -2.07. The van der Waals surface area contributed by atoms with Gasteiger partial charge in [0.2, 0.25) is 0 Å². The molecule has 2 rings (SSSR count). The van der Waals surface area contributed by atoms with Crippen LogP contribution in [-0.4, -0.2) is 18.0 Å². The lowest BCUT2D eigenvalue weighted by Crippen LogP contribution is -2.21. The van der Waals surface area contributed by atoms with Crippen LogP contribution in [0.2, 0.25) is 0 Å². The summed E-state index contributed by atoms with van der Waals surface area (Å²) in [4.78, 5) is 26.4. The molecule has 1 aromatic carbocycles. The maximum atomic E-state index is 13.5. The van der Waals surface area contributed by atoms with Crippen molar-refractivity contribution >= 4 is 11.6 Å². The maximum Gasteiger partial charge on any atom is 0.261 e. The number of aromatic nitrogens is 1. The van der Waals surface area contributed by atoms with Crippen LogP contribution in [0.15, 0.2) is 35.3 Å². The van der Waals surface area contributed by atoms with Gasteiger partial charge in [0.05, 0.1) is 7.11 Å². The minimum absolute atomic E-state index is 0.0353. The SMILES string of the molecule is COc1ccc(NC(=O)c2c[nH]c(C)cc2=O)cc1F. The van der Waals surface area contributed by atoms with Crippen molar-refractivity contribution in [2.45, 2.75) is 6.92 Å². The molecule has 0 aliphatic rings. The zero-order chi connectivity index (χ0) is 14.7. The number of anilines is 1. The van der Waals surface area contributed by atoms with Gasteiger partial charge in [-0.3, -0.25) is 9.59 Å². The van der Waals surface area contributed by atoms with Gasteiger partial charge in [-0.2, -0.15) is 0 Å². The molecule has 0 saturated carbocycles. The number of carbonyl (C=O) groups excluding carboxylic acids is 1. The summed E-state index contributed by atoms with van der Waals surface area (Å²) >= 11 is 0. The first-order chi connectivity index (χ1) is 9.51. The smallest absolute Gasteiger partial charge is 0.261 e. The first kappa shape index (κ1) is 13.8. The van der Waals surface area contributed by atoms with Crippen molar-refractivity contribution < 1.29 is 13.9 Å². The third-order valence-electron chi connectivity index (χ3n) is 2.71. The molecule has 2 N–H and O–H groups in total. The number of pyridine rings is 1. The minimum Gasteiger partial charge on any atom is -0.494 e. The molecule has 0 radical (unpaired) electrons. The topological polar surface area (TPSA) is 71.2 Å². The molecule has 0 bridgehead atoms. The summed E-state index contributed by atoms with van der Waals surface area (Å²) in [7, 11) is 1.35. The normalized spacial score (nSPS) is 10.2. The number of halogens is 1. The Balaban J connectivity index is 2.23. The molecule has 1 aromatic heterocycles. The van der Waals surface area contributed by atoms with Crippen LogP contribution in [0, 0.1) is 12.7 Å². The number of methoxy groups -OCH3 is 1. The third kappa shape index (κ3) is 2.85. The summed E-state index contributed by atoms with van der Waals surface area (Å²) in [5.74, 6) is -1.12. The number of hydrogen-bond acceptors (Lipinski definition) is 3. The molecule has 5 nitrogen and oxygen atoms in total. The van der Waals surface area contributed by atoms with E-state index in [0.717, 1.165) is 6.07 Å². The van der Waals surface area contributed by atoms with Crippen LogP contribution in [0.25, 0.3) is 0 Å². The molecule has 0 unspecified atom stereocenters. The molecule has 0 fully saturated rings. The highest BCUT2D eigenvalue weighted by Gasteiger charge is 2.12. The molecule has 0 spiro atoms. The van der Waals surface area contributed by atoms with E-state index in [4.69, 9.17) is 4.74 Å². The highest BCUT2D eigenvalue weighted by atomic mass is 19.1. The quantitative estimate of drug-likeness (QED) is 0.901. The fourth-order valence-electron chi connectivity index (χ4n) is 1.69. The van der Waals surface area contributed by atoms with E-state index in [1.165, 1.54) is 31.5 Å². The van der Waals surface area contributed by atoms with E-state index in [0.29, 0.717) is 5.69 Å². The van der Waals surface area contributed by atoms with Crippen molar-refractivity contribution in [3.63, 3.8) is 0 Å². The van der Waals surface area contributed by atoms with Crippen LogP contribution < -0.4 is 15.5 Å². The molecule has 6 heteroatoms. The summed E-state index contributed by atoms with van der Waals surface area (Å²) in [6, 6.07) is 5.33. The summed E-state index contributed by atoms with van der Waals surface area (Å²) in [5, 5.41) is 2.46. The number of hydrogen-bond donors (Lipinski definition) is 2. The van der Waals surface area contributed by atoms with E-state index in [1.54, 1.807) is 6.92 Å². The van der Waals surface area contributed by atoms with Gasteiger partial charge in [0.25, 0.3) is 5.91 Å². The molecule has 104 valence electrons. The van der Waals surface area contributed by atoms with E-state index in [1.807, 2.05) is 0 Å². The van der Waals surface area contributed by atoms with Crippen molar-refractivity contribution in [2.24, 2.45) is 0 Å². The van der Waals surface area contributed by atoms with Gasteiger partial charge in [0.1, 0.15) is 5.56 Å². The molecule has 0 saturated heterocycles. The Labute approximate surface area is 114 Å². The van der Waals surface area contributed by atoms with Gasteiger partial charge >= 0.3 is 0 Å². The zero-order valence-electron chi connectivity index (χ0n) is 11.0. The van der Waals surface area contributed by atoms with Gasteiger partial charge in [-0.1, -0.05) is 0 Å². The largest absolute Gasteiger partial charge is 0.494 e. The van der Waals surface area contributed by atoms with Crippen LogP contribution >= 0.6 is 0 Å². The average Bonchev–Trinajstić information content (AvgIpc) is 2.38. The Morgan fingerprint density at radius 2 is 2.10 bits per heavy atom. The molecular weight excluding hydrogens is 263 g/mol. The standard InChI is InChI=1S/C14H13FN2O3/c1-8-5-12(18)10(7-16-8)14(19)17-9-3-4-13(20-2)11(15)6-9/h3-7H,1-2H3,(H,16,18)(H,17,19). The number of ether oxygens (including phenoxy) is 1. The van der Waals surface area contributed by atoms with Gasteiger partial charge in [-0.25, -0.2) is 4.39 Å². The van der Waals surface area contributed by atoms with E-state index < -0.39 is 17.2 Å². The average molecular weight is 276 g/mol. The summed E-state index contributed by atoms with van der Waals surface area (Å²) in [6.45, 7) is 1.71. The van der Waals surface area contributed by atoms with E-state index >= 15 is 0 Å². The van der Waals surface area contributed by atoms with Crippen LogP contribution in [0.4, 0.5) is 10.1 Å². The van der Waals surface area contributed by atoms with Crippen molar-refractivity contribution in [1.82, 2.24) is 4.98 Å². The third-order valence-corrected chi connectivity index (χ3v) is 2.71. The van der Waals surface area contributed by atoms with Crippen molar-refractivity contribution in [1.29, 1.82) is 0 Å². The molecular formula is C14H13FN2O3. The van der Waals surface area contributed by atoms with Crippen molar-refractivity contribution in [3.8, 4) is 5.75 Å². The molecule has 2 aromatic rings. The van der Waals surface area contributed by atoms with E-state index in [-0.39, 0.29) is 17.0 Å². The molecule has 0 aliphatic carbocycles. The van der Waals surface area contributed by atoms with E-state index in [2.05, 4.69) is 10.3 Å². The van der Waals surface area contributed by atoms with Gasteiger partial charge in [0, 0.05) is 29.7 Å². The predicted molar refractivity (Wildman–Crippen MR) is 72.7 cm³/mol. The summed E-state index contributed by atoms with van der Waals surface area (Å²) < 4.78 is 18.3. The second-order valence-electron chi connectivity index (χ2n) is 4.20. The van der Waals surface area contributed by atoms with Crippen molar-refractivity contribution in [2.75, 3.05) is 12.4 Å². The Bertz CT molecular complexity index is 710. The number of benzene rings is 1. The summed E-state index contributed by atoms with van der Waals surface area (Å²) in [5.41, 5.74) is 0.467. The number of aromatic amines is 1. The number of rotatable bonds is 3. The fourth-order valence-corrected chi connectivity index (χ4v) is 1.69. The van der Waals surface area contributed by atoms with Crippen LogP contribution in [0.5, 0.6) is 5.75 Å². The zero-order valence-corrected chi connectivity index (χ0v) is 11.0.